The molecule has 0 bridgehead atoms. The Labute approximate surface area is 152 Å². The van der Waals surface area contributed by atoms with Crippen molar-refractivity contribution in [3.63, 3.8) is 0 Å². The van der Waals surface area contributed by atoms with Gasteiger partial charge in [-0.15, -0.1) is 0 Å². The minimum absolute atomic E-state index is 0.0760. The third kappa shape index (κ3) is 3.71. The number of pyridine rings is 1. The number of carbonyl (C=O) groups is 2. The molecule has 1 aromatic heterocycles. The van der Waals surface area contributed by atoms with Gasteiger partial charge in [-0.2, -0.15) is 4.31 Å². The lowest BCUT2D eigenvalue weighted by molar-refractivity contribution is -0.163. The number of aromatic nitrogens is 1. The van der Waals surface area contributed by atoms with Crippen LogP contribution < -0.4 is 10.6 Å². The molecular formula is C16H22N4O5S. The van der Waals surface area contributed by atoms with E-state index < -0.39 is 27.4 Å². The highest BCUT2D eigenvalue weighted by Gasteiger charge is 2.59. The van der Waals surface area contributed by atoms with Crippen molar-refractivity contribution in [1.82, 2.24) is 19.9 Å². The first kappa shape index (κ1) is 18.7. The molecule has 2 atom stereocenters. The predicted octanol–water partition coefficient (Wildman–Crippen LogP) is -1.48. The zero-order valence-corrected chi connectivity index (χ0v) is 15.3. The van der Waals surface area contributed by atoms with Crippen molar-refractivity contribution in [3.05, 3.63) is 30.1 Å². The zero-order chi connectivity index (χ0) is 18.8. The van der Waals surface area contributed by atoms with Crippen molar-refractivity contribution in [2.24, 2.45) is 5.92 Å². The van der Waals surface area contributed by atoms with E-state index in [9.17, 15) is 18.0 Å². The number of nitrogens with one attached hydrogen (secondary N) is 2. The number of ether oxygens (including phenoxy) is 1. The highest BCUT2D eigenvalue weighted by molar-refractivity contribution is 7.88. The van der Waals surface area contributed by atoms with Gasteiger partial charge in [-0.05, 0) is 24.1 Å². The molecule has 0 radical (unpaired) electrons. The summed E-state index contributed by atoms with van der Waals surface area (Å²) < 4.78 is 30.7. The van der Waals surface area contributed by atoms with Crippen LogP contribution in [0.15, 0.2) is 24.5 Å². The quantitative estimate of drug-likeness (QED) is 0.641. The third-order valence-corrected chi connectivity index (χ3v) is 5.96. The molecule has 10 heteroatoms. The second-order valence-corrected chi connectivity index (χ2v) is 8.48. The number of rotatable bonds is 5. The van der Waals surface area contributed by atoms with Crippen LogP contribution in [0.5, 0.6) is 0 Å². The Hall–Kier alpha value is -2.04. The molecule has 0 unspecified atom stereocenters. The molecule has 3 heterocycles. The van der Waals surface area contributed by atoms with Crippen LogP contribution in [0.4, 0.5) is 0 Å². The monoisotopic (exact) mass is 382 g/mol. The number of amides is 2. The summed E-state index contributed by atoms with van der Waals surface area (Å²) in [5, 5.41) is 5.48. The van der Waals surface area contributed by atoms with Crippen LogP contribution in [0, 0.1) is 5.92 Å². The summed E-state index contributed by atoms with van der Waals surface area (Å²) in [6, 6.07) is 3.71. The van der Waals surface area contributed by atoms with Gasteiger partial charge >= 0.3 is 0 Å². The molecule has 2 saturated heterocycles. The van der Waals surface area contributed by atoms with Crippen molar-refractivity contribution in [2.75, 3.05) is 39.0 Å². The van der Waals surface area contributed by atoms with Crippen LogP contribution in [-0.2, 0) is 30.8 Å². The average Bonchev–Trinajstić information content (AvgIpc) is 2.99. The van der Waals surface area contributed by atoms with Crippen LogP contribution in [0.25, 0.3) is 0 Å². The van der Waals surface area contributed by atoms with E-state index in [1.807, 2.05) is 12.1 Å². The van der Waals surface area contributed by atoms with Gasteiger partial charge in [0.2, 0.25) is 15.9 Å². The van der Waals surface area contributed by atoms with Crippen molar-refractivity contribution in [1.29, 1.82) is 0 Å². The van der Waals surface area contributed by atoms with Crippen LogP contribution in [-0.4, -0.2) is 74.2 Å². The van der Waals surface area contributed by atoms with E-state index in [1.165, 1.54) is 0 Å². The maximum atomic E-state index is 12.7. The summed E-state index contributed by atoms with van der Waals surface area (Å²) >= 11 is 0. The largest absolute Gasteiger partial charge is 0.361 e. The van der Waals surface area contributed by atoms with Crippen LogP contribution in [0.1, 0.15) is 5.56 Å². The Balaban J connectivity index is 1.72. The third-order valence-electron chi connectivity index (χ3n) is 4.74. The zero-order valence-electron chi connectivity index (χ0n) is 14.5. The average molecular weight is 382 g/mol. The SMILES string of the molecule is CS(=O)(=O)N1C[C@H](C(=O)NCCc2ccncc2)[C@@]2(C1)OCCNC2=O. The number of sulfonamides is 1. The van der Waals surface area contributed by atoms with E-state index in [0.29, 0.717) is 19.5 Å². The second-order valence-electron chi connectivity index (χ2n) is 6.50. The maximum Gasteiger partial charge on any atom is 0.254 e. The Morgan fingerprint density at radius 3 is 2.85 bits per heavy atom. The molecular weight excluding hydrogens is 360 g/mol. The van der Waals surface area contributed by atoms with Gasteiger partial charge in [0, 0.05) is 32.0 Å². The Bertz CT molecular complexity index is 785. The van der Waals surface area contributed by atoms with Crippen molar-refractivity contribution < 1.29 is 22.7 Å². The van der Waals surface area contributed by atoms with Gasteiger partial charge in [0.05, 0.1) is 25.3 Å². The molecule has 1 spiro atoms. The summed E-state index contributed by atoms with van der Waals surface area (Å²) in [6.07, 6.45) is 5.02. The molecule has 0 saturated carbocycles. The van der Waals surface area contributed by atoms with Crippen LogP contribution in [0.2, 0.25) is 0 Å². The fourth-order valence-corrected chi connectivity index (χ4v) is 4.17. The minimum atomic E-state index is -3.54. The van der Waals surface area contributed by atoms with Crippen molar-refractivity contribution in [3.8, 4) is 0 Å². The maximum absolute atomic E-state index is 12.7. The molecule has 2 aliphatic rings. The van der Waals surface area contributed by atoms with Gasteiger partial charge in [0.15, 0.2) is 5.60 Å². The standard InChI is InChI=1S/C16H22N4O5S/c1-26(23,24)20-10-13(16(11-20)15(22)19-8-9-25-16)14(21)18-7-4-12-2-5-17-6-3-12/h2-3,5-6,13H,4,7-11H2,1H3,(H,18,21)(H,19,22)/t13-,16-/m1/s1. The predicted molar refractivity (Wildman–Crippen MR) is 92.6 cm³/mol. The topological polar surface area (TPSA) is 118 Å². The summed E-state index contributed by atoms with van der Waals surface area (Å²) in [6.45, 7) is 0.726. The Morgan fingerprint density at radius 2 is 2.19 bits per heavy atom. The first-order valence-electron chi connectivity index (χ1n) is 8.37. The molecule has 2 N–H and O–H groups in total. The number of hydrogen-bond acceptors (Lipinski definition) is 6. The summed E-state index contributed by atoms with van der Waals surface area (Å²) in [5.41, 5.74) is -0.451. The van der Waals surface area contributed by atoms with Gasteiger partial charge in [-0.3, -0.25) is 14.6 Å². The van der Waals surface area contributed by atoms with Crippen LogP contribution in [0.3, 0.4) is 0 Å². The normalized spacial score (nSPS) is 26.7. The number of morpholine rings is 1. The van der Waals surface area contributed by atoms with Gasteiger partial charge < -0.3 is 15.4 Å². The van der Waals surface area contributed by atoms with Gasteiger partial charge in [-0.1, -0.05) is 0 Å². The molecule has 2 amide bonds. The fourth-order valence-electron chi connectivity index (χ4n) is 3.33. The smallest absolute Gasteiger partial charge is 0.254 e. The van der Waals surface area contributed by atoms with E-state index in [1.54, 1.807) is 12.4 Å². The summed E-state index contributed by atoms with van der Waals surface area (Å²) in [4.78, 5) is 29.1. The molecule has 2 fully saturated rings. The lowest BCUT2D eigenvalue weighted by atomic mass is 9.87. The summed E-state index contributed by atoms with van der Waals surface area (Å²) in [5.74, 6) is -1.72. The van der Waals surface area contributed by atoms with E-state index in [0.717, 1.165) is 16.1 Å². The van der Waals surface area contributed by atoms with E-state index in [2.05, 4.69) is 15.6 Å². The highest BCUT2D eigenvalue weighted by Crippen LogP contribution is 2.34. The number of nitrogens with zero attached hydrogens (tertiary/aromatic N) is 2. The van der Waals surface area contributed by atoms with Crippen molar-refractivity contribution in [2.45, 2.75) is 12.0 Å². The van der Waals surface area contributed by atoms with Crippen LogP contribution >= 0.6 is 0 Å². The Morgan fingerprint density at radius 1 is 1.46 bits per heavy atom. The van der Waals surface area contributed by atoms with Crippen molar-refractivity contribution >= 4 is 21.8 Å². The molecule has 1 aromatic rings. The first-order valence-corrected chi connectivity index (χ1v) is 10.2. The Kier molecular flexibility index (Phi) is 5.26. The second kappa shape index (κ2) is 7.29. The molecule has 26 heavy (non-hydrogen) atoms. The first-order chi connectivity index (χ1) is 12.3. The van der Waals surface area contributed by atoms with Gasteiger partial charge in [-0.25, -0.2) is 8.42 Å². The van der Waals surface area contributed by atoms with Gasteiger partial charge in [0.25, 0.3) is 5.91 Å². The number of hydrogen-bond donors (Lipinski definition) is 2. The fraction of sp³-hybridized carbons (Fsp3) is 0.562. The van der Waals surface area contributed by atoms with Gasteiger partial charge in [0.1, 0.15) is 0 Å². The summed E-state index contributed by atoms with van der Waals surface area (Å²) in [7, 11) is -3.54. The molecule has 2 aliphatic heterocycles. The van der Waals surface area contributed by atoms with E-state index >= 15 is 0 Å². The lowest BCUT2D eigenvalue weighted by Gasteiger charge is -2.36. The highest BCUT2D eigenvalue weighted by atomic mass is 32.2. The molecule has 0 aromatic carbocycles. The van der Waals surface area contributed by atoms with E-state index in [4.69, 9.17) is 4.74 Å². The lowest BCUT2D eigenvalue weighted by Crippen LogP contribution is -2.62. The molecule has 0 aliphatic carbocycles. The molecule has 9 nitrogen and oxygen atoms in total. The van der Waals surface area contributed by atoms with E-state index in [-0.39, 0.29) is 25.6 Å². The number of carbonyl (C=O) groups excluding carboxylic acids is 2. The molecule has 142 valence electrons. The molecule has 3 rings (SSSR count). The minimum Gasteiger partial charge on any atom is -0.361 e.